The molecular formula is C15H21FN2O2. The summed E-state index contributed by atoms with van der Waals surface area (Å²) in [6.45, 7) is 3.15. The van der Waals surface area contributed by atoms with Gasteiger partial charge in [0.15, 0.2) is 0 Å². The first kappa shape index (κ1) is 14.9. The van der Waals surface area contributed by atoms with Crippen LogP contribution in [0.25, 0.3) is 0 Å². The van der Waals surface area contributed by atoms with Crippen LogP contribution in [-0.2, 0) is 16.0 Å². The summed E-state index contributed by atoms with van der Waals surface area (Å²) >= 11 is 0. The number of benzene rings is 1. The van der Waals surface area contributed by atoms with E-state index in [1.165, 1.54) is 12.1 Å². The zero-order chi connectivity index (χ0) is 14.5. The predicted octanol–water partition coefficient (Wildman–Crippen LogP) is 1.17. The van der Waals surface area contributed by atoms with Crippen molar-refractivity contribution in [3.8, 4) is 0 Å². The fourth-order valence-corrected chi connectivity index (χ4v) is 2.47. The largest absolute Gasteiger partial charge is 0.380 e. The van der Waals surface area contributed by atoms with Crippen molar-refractivity contribution >= 4 is 5.91 Å². The molecule has 2 rings (SSSR count). The molecule has 1 aliphatic heterocycles. The maximum atomic E-state index is 13.0. The van der Waals surface area contributed by atoms with E-state index >= 15 is 0 Å². The summed E-state index contributed by atoms with van der Waals surface area (Å²) in [7, 11) is 1.66. The SMILES string of the molecule is CO[C@@H]1CN[C@H](C(=O)NCCc2ccc(F)cc2C)C1. The molecule has 0 spiro atoms. The highest BCUT2D eigenvalue weighted by Gasteiger charge is 2.28. The second kappa shape index (κ2) is 6.81. The first-order chi connectivity index (χ1) is 9.60. The molecule has 20 heavy (non-hydrogen) atoms. The third kappa shape index (κ3) is 3.77. The number of hydrogen-bond acceptors (Lipinski definition) is 3. The Morgan fingerprint density at radius 1 is 1.55 bits per heavy atom. The van der Waals surface area contributed by atoms with Gasteiger partial charge in [0.05, 0.1) is 12.1 Å². The Morgan fingerprint density at radius 2 is 2.35 bits per heavy atom. The third-order valence-electron chi connectivity index (χ3n) is 3.74. The van der Waals surface area contributed by atoms with Gasteiger partial charge in [0, 0.05) is 20.2 Å². The van der Waals surface area contributed by atoms with Crippen LogP contribution in [0.15, 0.2) is 18.2 Å². The van der Waals surface area contributed by atoms with Gasteiger partial charge in [0.2, 0.25) is 5.91 Å². The topological polar surface area (TPSA) is 50.4 Å². The molecule has 110 valence electrons. The molecule has 1 aromatic rings. The molecule has 1 saturated heterocycles. The van der Waals surface area contributed by atoms with E-state index in [2.05, 4.69) is 10.6 Å². The van der Waals surface area contributed by atoms with Crippen LogP contribution < -0.4 is 10.6 Å². The summed E-state index contributed by atoms with van der Waals surface area (Å²) < 4.78 is 18.2. The lowest BCUT2D eigenvalue weighted by Crippen LogP contribution is -2.41. The monoisotopic (exact) mass is 280 g/mol. The van der Waals surface area contributed by atoms with Crippen LogP contribution >= 0.6 is 0 Å². The summed E-state index contributed by atoms with van der Waals surface area (Å²) in [4.78, 5) is 11.9. The quantitative estimate of drug-likeness (QED) is 0.851. The number of rotatable bonds is 5. The number of methoxy groups -OCH3 is 1. The van der Waals surface area contributed by atoms with Gasteiger partial charge in [0.1, 0.15) is 5.82 Å². The molecule has 0 unspecified atom stereocenters. The van der Waals surface area contributed by atoms with Crippen molar-refractivity contribution in [1.29, 1.82) is 0 Å². The van der Waals surface area contributed by atoms with Crippen LogP contribution in [-0.4, -0.2) is 38.3 Å². The van der Waals surface area contributed by atoms with Crippen molar-refractivity contribution in [1.82, 2.24) is 10.6 Å². The lowest BCUT2D eigenvalue weighted by molar-refractivity contribution is -0.122. The van der Waals surface area contributed by atoms with Gasteiger partial charge in [-0.1, -0.05) is 6.07 Å². The number of aryl methyl sites for hydroxylation is 1. The summed E-state index contributed by atoms with van der Waals surface area (Å²) in [6.07, 6.45) is 1.53. The normalized spacial score (nSPS) is 21.9. The van der Waals surface area contributed by atoms with Crippen molar-refractivity contribution in [2.24, 2.45) is 0 Å². The van der Waals surface area contributed by atoms with Crippen LogP contribution in [0.4, 0.5) is 4.39 Å². The molecule has 1 aliphatic rings. The van der Waals surface area contributed by atoms with Crippen LogP contribution in [0.2, 0.25) is 0 Å². The van der Waals surface area contributed by atoms with Gasteiger partial charge in [-0.05, 0) is 43.0 Å². The molecule has 0 bridgehead atoms. The van der Waals surface area contributed by atoms with Gasteiger partial charge in [-0.2, -0.15) is 0 Å². The van der Waals surface area contributed by atoms with E-state index in [4.69, 9.17) is 4.74 Å². The van der Waals surface area contributed by atoms with Gasteiger partial charge in [-0.25, -0.2) is 4.39 Å². The van der Waals surface area contributed by atoms with E-state index in [0.717, 1.165) is 11.1 Å². The second-order valence-electron chi connectivity index (χ2n) is 5.17. The third-order valence-corrected chi connectivity index (χ3v) is 3.74. The standard InChI is InChI=1S/C15H21FN2O2/c1-10-7-12(16)4-3-11(10)5-6-17-15(19)14-8-13(20-2)9-18-14/h3-4,7,13-14,18H,5-6,8-9H2,1-2H3,(H,17,19)/t13-,14-/m0/s1. The van der Waals surface area contributed by atoms with Gasteiger partial charge >= 0.3 is 0 Å². The smallest absolute Gasteiger partial charge is 0.237 e. The molecule has 5 heteroatoms. The summed E-state index contributed by atoms with van der Waals surface area (Å²) in [5.41, 5.74) is 1.97. The van der Waals surface area contributed by atoms with Crippen molar-refractivity contribution < 1.29 is 13.9 Å². The van der Waals surface area contributed by atoms with Crippen molar-refractivity contribution in [3.63, 3.8) is 0 Å². The molecule has 0 saturated carbocycles. The molecule has 4 nitrogen and oxygen atoms in total. The molecule has 2 N–H and O–H groups in total. The number of halogens is 1. The minimum absolute atomic E-state index is 0.00400. The average molecular weight is 280 g/mol. The van der Waals surface area contributed by atoms with E-state index in [-0.39, 0.29) is 23.9 Å². The van der Waals surface area contributed by atoms with Gasteiger partial charge in [0.25, 0.3) is 0 Å². The Labute approximate surface area is 118 Å². The average Bonchev–Trinajstić information content (AvgIpc) is 2.90. The molecule has 0 radical (unpaired) electrons. The van der Waals surface area contributed by atoms with E-state index < -0.39 is 0 Å². The van der Waals surface area contributed by atoms with Crippen LogP contribution in [0.3, 0.4) is 0 Å². The Bertz CT molecular complexity index is 479. The van der Waals surface area contributed by atoms with Gasteiger partial charge in [-0.15, -0.1) is 0 Å². The molecular weight excluding hydrogens is 259 g/mol. The van der Waals surface area contributed by atoms with E-state index in [1.807, 2.05) is 6.92 Å². The molecule has 1 aromatic carbocycles. The van der Waals surface area contributed by atoms with E-state index in [0.29, 0.717) is 25.9 Å². The van der Waals surface area contributed by atoms with E-state index in [9.17, 15) is 9.18 Å². The Balaban J connectivity index is 1.77. The maximum absolute atomic E-state index is 13.0. The Hall–Kier alpha value is -1.46. The fraction of sp³-hybridized carbons (Fsp3) is 0.533. The number of carbonyl (C=O) groups is 1. The minimum Gasteiger partial charge on any atom is -0.380 e. The molecule has 1 heterocycles. The molecule has 0 aliphatic carbocycles. The highest BCUT2D eigenvalue weighted by atomic mass is 19.1. The lowest BCUT2D eigenvalue weighted by Gasteiger charge is -2.12. The van der Waals surface area contributed by atoms with Gasteiger partial charge < -0.3 is 15.4 Å². The first-order valence-electron chi connectivity index (χ1n) is 6.89. The number of hydrogen-bond donors (Lipinski definition) is 2. The van der Waals surface area contributed by atoms with Crippen LogP contribution in [0.5, 0.6) is 0 Å². The summed E-state index contributed by atoms with van der Waals surface area (Å²) in [5.74, 6) is -0.222. The van der Waals surface area contributed by atoms with Crippen molar-refractivity contribution in [2.75, 3.05) is 20.2 Å². The van der Waals surface area contributed by atoms with E-state index in [1.54, 1.807) is 13.2 Å². The maximum Gasteiger partial charge on any atom is 0.237 e. The highest BCUT2D eigenvalue weighted by molar-refractivity contribution is 5.82. The first-order valence-corrected chi connectivity index (χ1v) is 6.89. The molecule has 1 fully saturated rings. The number of carbonyl (C=O) groups excluding carboxylic acids is 1. The molecule has 1 amide bonds. The second-order valence-corrected chi connectivity index (χ2v) is 5.17. The molecule has 2 atom stereocenters. The zero-order valence-electron chi connectivity index (χ0n) is 11.9. The number of ether oxygens (including phenoxy) is 1. The van der Waals surface area contributed by atoms with Gasteiger partial charge in [-0.3, -0.25) is 4.79 Å². The Kier molecular flexibility index (Phi) is 5.09. The summed E-state index contributed by atoms with van der Waals surface area (Å²) in [5, 5.41) is 6.05. The molecule has 0 aromatic heterocycles. The van der Waals surface area contributed by atoms with Crippen molar-refractivity contribution in [3.05, 3.63) is 35.1 Å². The Morgan fingerprint density at radius 3 is 3.00 bits per heavy atom. The van der Waals surface area contributed by atoms with Crippen LogP contribution in [0, 0.1) is 12.7 Å². The summed E-state index contributed by atoms with van der Waals surface area (Å²) in [6, 6.07) is 4.56. The fourth-order valence-electron chi connectivity index (χ4n) is 2.47. The number of nitrogens with one attached hydrogen (secondary N) is 2. The minimum atomic E-state index is -0.226. The zero-order valence-corrected chi connectivity index (χ0v) is 11.9. The highest BCUT2D eigenvalue weighted by Crippen LogP contribution is 2.11. The lowest BCUT2D eigenvalue weighted by atomic mass is 10.1. The number of amides is 1. The van der Waals surface area contributed by atoms with Crippen LogP contribution in [0.1, 0.15) is 17.5 Å². The predicted molar refractivity (Wildman–Crippen MR) is 75.1 cm³/mol. The van der Waals surface area contributed by atoms with Crippen molar-refractivity contribution in [2.45, 2.75) is 31.9 Å².